The van der Waals surface area contributed by atoms with Crippen molar-refractivity contribution < 1.29 is 27.8 Å². The first-order chi connectivity index (χ1) is 58.6. The van der Waals surface area contributed by atoms with E-state index in [4.69, 9.17) is 1.37 Å². The topological polar surface area (TPSA) is 54.2 Å². The Morgan fingerprint density at radius 2 is 0.542 bits per heavy atom. The van der Waals surface area contributed by atoms with Crippen LogP contribution < -0.4 is 26.4 Å². The smallest absolute Gasteiger partial charge is 0.202 e. The van der Waals surface area contributed by atoms with Crippen molar-refractivity contribution in [2.75, 3.05) is 0 Å². The minimum Gasteiger partial charge on any atom is -0.202 e. The summed E-state index contributed by atoms with van der Waals surface area (Å²) in [5, 5.41) is 0. The Morgan fingerprint density at radius 1 is 0.242 bits per heavy atom. The van der Waals surface area contributed by atoms with Crippen LogP contribution in [0.5, 0.6) is 0 Å². The number of imidazole rings is 6. The van der Waals surface area contributed by atoms with Gasteiger partial charge in [0.1, 0.15) is 76.3 Å². The van der Waals surface area contributed by atoms with Crippen molar-refractivity contribution >= 4 is 33.9 Å². The zero-order chi connectivity index (χ0) is 84.9. The standard InChI is InChI=1S/C23H23N2.C21H19N2.C18H21N2.C16H17N2.2C15H15N2/c1-16-10-5-6-13-20(16)25-19(4)23(24-15-8-7-14-21(24)25)22-17(2)11-9-12-18(22)3;1-16-10-6-7-13-19(16)23-17(2)21(18-11-4-3-5-12-18)22-15-9-8-14-20(22)23;1-13(2)18-15(4)20(16-10-6-5-9-14(16)3)17-11-7-8-12-19(17)18;1-12-8-4-5-9-15(12)18-14(3)13(2)17-11-7-6-10-16(17)18;2*1-12-7-3-4-8-14(12)17-13(2)11-16-10-6-5-9-15(16)17/h5-15H,1-4H3;3-15H,1-2H3;5-13H,1-4H3;4-11H,1-3H3;2*3-11H,1-2H3/q6*+1/i;;;;11D;. The van der Waals surface area contributed by atoms with E-state index in [9.17, 15) is 0 Å². The molecule has 0 aliphatic rings. The number of para-hydroxylation sites is 6. The van der Waals surface area contributed by atoms with Gasteiger partial charge in [-0.25, -0.2) is 8.80 Å². The maximum Gasteiger partial charge on any atom is 0.292 e. The number of nitrogens with zero attached hydrogens (tertiary/aromatic N) is 12. The van der Waals surface area contributed by atoms with Crippen molar-refractivity contribution in [1.29, 1.82) is 0 Å². The van der Waals surface area contributed by atoms with Crippen LogP contribution in [0.25, 0.3) is 90.5 Å². The van der Waals surface area contributed by atoms with Crippen LogP contribution in [0.1, 0.15) is 111 Å². The minimum atomic E-state index is 0.496. The fourth-order valence-electron chi connectivity index (χ4n) is 17.3. The second kappa shape index (κ2) is 35.4. The molecule has 20 rings (SSSR count). The molecule has 0 atom stereocenters. The van der Waals surface area contributed by atoms with E-state index in [0.29, 0.717) is 12.1 Å². The van der Waals surface area contributed by atoms with Gasteiger partial charge in [-0.3, -0.25) is 0 Å². The number of pyridine rings is 6. The highest BCUT2D eigenvalue weighted by Gasteiger charge is 2.31. The van der Waals surface area contributed by atoms with E-state index in [2.05, 4.69) is 470 Å². The fraction of sp³-hybridized carbons (Fsp3) is 0.167. The molecule has 0 radical (unpaired) electrons. The summed E-state index contributed by atoms with van der Waals surface area (Å²) in [4.78, 5) is 0. The minimum absolute atomic E-state index is 0.496. The van der Waals surface area contributed by atoms with Gasteiger partial charge in [0.05, 0.1) is 37.2 Å². The molecule has 0 amide bonds. The molecule has 12 nitrogen and oxygen atoms in total. The molecule has 12 heterocycles. The first-order valence-electron chi connectivity index (χ1n) is 42.1. The van der Waals surface area contributed by atoms with Crippen molar-refractivity contribution in [1.82, 2.24) is 27.4 Å². The van der Waals surface area contributed by atoms with Gasteiger partial charge in [-0.05, 0) is 173 Å². The van der Waals surface area contributed by atoms with E-state index in [1.165, 1.54) is 164 Å². The summed E-state index contributed by atoms with van der Waals surface area (Å²) < 4.78 is 35.2. The normalized spacial score (nSPS) is 11.2. The summed E-state index contributed by atoms with van der Waals surface area (Å²) in [5.74, 6) is 0.496. The van der Waals surface area contributed by atoms with Crippen LogP contribution in [0.3, 0.4) is 0 Å². The lowest BCUT2D eigenvalue weighted by Crippen LogP contribution is -2.25. The van der Waals surface area contributed by atoms with Crippen LogP contribution in [0.15, 0.2) is 353 Å². The average molecular weight is 1580 g/mol. The Labute approximate surface area is 707 Å². The van der Waals surface area contributed by atoms with Gasteiger partial charge in [0.25, 0.3) is 33.9 Å². The summed E-state index contributed by atoms with van der Waals surface area (Å²) in [6, 6.07) is 106. The molecule has 0 fully saturated rings. The molecule has 596 valence electrons. The first-order valence-corrected chi connectivity index (χ1v) is 41.6. The Hall–Kier alpha value is -14.1. The van der Waals surface area contributed by atoms with Gasteiger partial charge in [-0.15, -0.1) is 0 Å². The van der Waals surface area contributed by atoms with E-state index in [0.717, 1.165) is 17.0 Å². The average Bonchev–Trinajstić information content (AvgIpc) is 1.26. The largest absolute Gasteiger partial charge is 0.292 e. The zero-order valence-electron chi connectivity index (χ0n) is 73.4. The third-order valence-electron chi connectivity index (χ3n) is 23.2. The van der Waals surface area contributed by atoms with E-state index in [1.54, 1.807) is 0 Å². The van der Waals surface area contributed by atoms with Gasteiger partial charge in [-0.2, -0.15) is 45.0 Å². The Bertz CT molecular complexity index is 7010. The second-order valence-electron chi connectivity index (χ2n) is 31.6. The maximum absolute atomic E-state index is 8.17. The van der Waals surface area contributed by atoms with Gasteiger partial charge in [0, 0.05) is 102 Å². The van der Waals surface area contributed by atoms with Crippen LogP contribution in [-0.2, 0) is 0 Å². The van der Waals surface area contributed by atoms with Crippen molar-refractivity contribution in [3.8, 4) is 56.6 Å². The van der Waals surface area contributed by atoms with Crippen LogP contribution >= 0.6 is 0 Å². The van der Waals surface area contributed by atoms with Gasteiger partial charge in [-0.1, -0.05) is 208 Å². The van der Waals surface area contributed by atoms with Gasteiger partial charge in [0.15, 0.2) is 28.5 Å². The lowest BCUT2D eigenvalue weighted by atomic mass is 9.99. The molecule has 120 heavy (non-hydrogen) atoms. The molecule has 12 aromatic heterocycles. The zero-order valence-corrected chi connectivity index (χ0v) is 72.4. The van der Waals surface area contributed by atoms with Crippen molar-refractivity contribution in [2.45, 2.75) is 124 Å². The maximum atomic E-state index is 8.17. The van der Waals surface area contributed by atoms with Gasteiger partial charge >= 0.3 is 0 Å². The Morgan fingerprint density at radius 3 is 0.975 bits per heavy atom. The van der Waals surface area contributed by atoms with E-state index >= 15 is 0 Å². The van der Waals surface area contributed by atoms with Crippen LogP contribution in [0, 0.1) is 104 Å². The number of hydrogen-bond donors (Lipinski definition) is 0. The number of aromatic nitrogens is 12. The van der Waals surface area contributed by atoms with E-state index in [-0.39, 0.29) is 0 Å². The number of fused-ring (bicyclic) bond motifs is 6. The quantitative estimate of drug-likeness (QED) is 0.129. The van der Waals surface area contributed by atoms with Crippen LogP contribution in [0.4, 0.5) is 0 Å². The molecule has 20 aromatic rings. The molecule has 0 unspecified atom stereocenters. The first kappa shape index (κ1) is 79.7. The number of hydrogen-bond acceptors (Lipinski definition) is 0. The molecule has 0 aliphatic carbocycles. The van der Waals surface area contributed by atoms with E-state index < -0.39 is 0 Å². The summed E-state index contributed by atoms with van der Waals surface area (Å²) in [7, 11) is 0. The second-order valence-corrected chi connectivity index (χ2v) is 31.6. The van der Waals surface area contributed by atoms with Crippen LogP contribution in [-0.4, -0.2) is 27.4 Å². The summed E-state index contributed by atoms with van der Waals surface area (Å²) in [6.45, 7) is 36.9. The Balaban J connectivity index is 0.000000114. The molecule has 0 N–H and O–H groups in total. The highest BCUT2D eigenvalue weighted by molar-refractivity contribution is 5.71. The fourth-order valence-corrected chi connectivity index (χ4v) is 17.3. The van der Waals surface area contributed by atoms with Crippen LogP contribution in [0.2, 0.25) is 0 Å². The van der Waals surface area contributed by atoms with Gasteiger partial charge in [0.2, 0.25) is 0 Å². The van der Waals surface area contributed by atoms with Crippen molar-refractivity contribution in [3.05, 3.63) is 443 Å². The van der Waals surface area contributed by atoms with Gasteiger partial charge < -0.3 is 0 Å². The molecule has 12 heteroatoms. The number of aryl methyl sites for hydroxylation is 10. The molecule has 8 aromatic carbocycles. The lowest BCUT2D eigenvalue weighted by molar-refractivity contribution is -0.521. The SMILES string of the molecule is Cc1ccccc1-n1c(C)c(-c2c(C)cccc2C)[n+]2ccccc12.Cc1ccccc1-n1c(C)c(-c2ccccc2)[n+]2ccccc12.Cc1ccccc1-n1c(C)c(C(C)C)[n+]2ccccc12.Cc1ccccc1-n1c(C)c(C)[n+]2ccccc12.Cc1ccccc1-n1c(C)c[n+]2ccccc12.[2H]c1c(C)n(-c2ccccc2C)c2cccc[n+]12. The molecule has 0 saturated carbocycles. The molecule has 0 spiro atoms. The lowest BCUT2D eigenvalue weighted by Gasteiger charge is -2.07. The van der Waals surface area contributed by atoms with E-state index in [1.807, 2.05) is 47.9 Å². The molecular formula is C108H110N12+6. The molecule has 0 saturated heterocycles. The Kier molecular flexibility index (Phi) is 23.5. The predicted molar refractivity (Wildman–Crippen MR) is 490 cm³/mol. The summed E-state index contributed by atoms with van der Waals surface area (Å²) >= 11 is 0. The molecular weight excluding hydrogens is 1470 g/mol. The highest BCUT2D eigenvalue weighted by atomic mass is 15.2. The third-order valence-corrected chi connectivity index (χ3v) is 23.2. The number of rotatable bonds is 9. The molecule has 0 bridgehead atoms. The summed E-state index contributed by atoms with van der Waals surface area (Å²) in [5.41, 5.74) is 39.7. The number of benzene rings is 8. The third kappa shape index (κ3) is 15.8. The monoisotopic (exact) mass is 1580 g/mol. The van der Waals surface area contributed by atoms with Crippen molar-refractivity contribution in [2.24, 2.45) is 0 Å². The summed E-state index contributed by atoms with van der Waals surface area (Å²) in [6.07, 6.45) is 15.3. The van der Waals surface area contributed by atoms with Crippen molar-refractivity contribution in [3.63, 3.8) is 0 Å². The highest BCUT2D eigenvalue weighted by Crippen LogP contribution is 2.34. The molecule has 0 aliphatic heterocycles. The predicted octanol–water partition coefficient (Wildman–Crippen LogP) is 22.4.